The Kier molecular flexibility index (Phi) is 5.83. The van der Waals surface area contributed by atoms with Gasteiger partial charge in [0, 0.05) is 38.3 Å². The van der Waals surface area contributed by atoms with Crippen LogP contribution in [-0.4, -0.2) is 56.2 Å². The number of aromatic nitrogens is 4. The summed E-state index contributed by atoms with van der Waals surface area (Å²) in [4.78, 5) is 28.4. The molecule has 1 saturated heterocycles. The number of anilines is 1. The molecule has 1 unspecified atom stereocenters. The van der Waals surface area contributed by atoms with E-state index in [0.717, 1.165) is 16.7 Å². The molecule has 0 spiro atoms. The molecule has 1 saturated carbocycles. The second-order valence-electron chi connectivity index (χ2n) is 10.0. The van der Waals surface area contributed by atoms with E-state index >= 15 is 4.39 Å². The van der Waals surface area contributed by atoms with Crippen LogP contribution in [0.5, 0.6) is 5.75 Å². The van der Waals surface area contributed by atoms with Crippen LogP contribution in [0.1, 0.15) is 30.5 Å². The van der Waals surface area contributed by atoms with Crippen molar-refractivity contribution in [1.29, 1.82) is 0 Å². The zero-order valence-electron chi connectivity index (χ0n) is 21.1. The predicted molar refractivity (Wildman–Crippen MR) is 137 cm³/mol. The van der Waals surface area contributed by atoms with E-state index in [1.807, 2.05) is 11.8 Å². The zero-order valence-corrected chi connectivity index (χ0v) is 21.1. The number of hydrogen-bond donors (Lipinski definition) is 2. The fraction of sp³-hybridized carbons (Fsp3) is 0.333. The Morgan fingerprint density at radius 1 is 1.15 bits per heavy atom. The van der Waals surface area contributed by atoms with Crippen LogP contribution in [0.25, 0.3) is 28.0 Å². The number of nitrogens with one attached hydrogen (secondary N) is 1. The molecule has 0 bridgehead atoms. The molecule has 39 heavy (non-hydrogen) atoms. The van der Waals surface area contributed by atoms with Gasteiger partial charge in [0.1, 0.15) is 23.1 Å². The van der Waals surface area contributed by atoms with Crippen molar-refractivity contribution in [3.63, 3.8) is 0 Å². The minimum absolute atomic E-state index is 0.00472. The SMILES string of the molecule is Cc1ccnc(C2CC2(F)F)c1-n1c(=O)nc(N2CCNC[C@@H]2C)c2cc(F)c(-c3c(O)cccc3F)nc21. The van der Waals surface area contributed by atoms with Crippen molar-refractivity contribution in [2.75, 3.05) is 24.5 Å². The second kappa shape index (κ2) is 9.01. The average Bonchev–Trinajstić information content (AvgIpc) is 3.52. The number of halogens is 4. The molecule has 2 aliphatic rings. The number of piperazine rings is 1. The molecule has 2 N–H and O–H groups in total. The lowest BCUT2D eigenvalue weighted by Crippen LogP contribution is -2.50. The van der Waals surface area contributed by atoms with E-state index in [2.05, 4.69) is 20.3 Å². The Labute approximate surface area is 220 Å². The number of phenols is 1. The number of aryl methyl sites for hydroxylation is 1. The highest BCUT2D eigenvalue weighted by Gasteiger charge is 2.59. The number of nitrogens with zero attached hydrogens (tertiary/aromatic N) is 5. The first-order valence-electron chi connectivity index (χ1n) is 12.5. The van der Waals surface area contributed by atoms with Gasteiger partial charge in [0.25, 0.3) is 5.92 Å². The highest BCUT2D eigenvalue weighted by atomic mass is 19.3. The molecule has 202 valence electrons. The van der Waals surface area contributed by atoms with Gasteiger partial charge in [0.2, 0.25) is 0 Å². The number of rotatable bonds is 4. The molecule has 1 aliphatic heterocycles. The summed E-state index contributed by atoms with van der Waals surface area (Å²) in [6, 6.07) is 6.05. The third-order valence-corrected chi connectivity index (χ3v) is 7.34. The molecule has 6 rings (SSSR count). The molecule has 1 aromatic carbocycles. The lowest BCUT2D eigenvalue weighted by molar-refractivity contribution is 0.111. The van der Waals surface area contributed by atoms with Gasteiger partial charge in [-0.3, -0.25) is 4.98 Å². The number of phenolic OH excluding ortho intramolecular Hbond substituents is 1. The Bertz CT molecular complexity index is 1670. The molecule has 4 aromatic rings. The summed E-state index contributed by atoms with van der Waals surface area (Å²) in [5, 5.41) is 13.7. The normalized spacial score (nSPS) is 20.4. The summed E-state index contributed by atoms with van der Waals surface area (Å²) >= 11 is 0. The summed E-state index contributed by atoms with van der Waals surface area (Å²) in [6.45, 7) is 5.20. The third kappa shape index (κ3) is 4.10. The maximum absolute atomic E-state index is 15.6. The van der Waals surface area contributed by atoms with Crippen LogP contribution in [0.2, 0.25) is 0 Å². The van der Waals surface area contributed by atoms with E-state index < -0.39 is 52.6 Å². The number of pyridine rings is 2. The van der Waals surface area contributed by atoms with Crippen LogP contribution in [-0.2, 0) is 0 Å². The summed E-state index contributed by atoms with van der Waals surface area (Å²) in [7, 11) is 0. The van der Waals surface area contributed by atoms with Crippen molar-refractivity contribution < 1.29 is 22.7 Å². The average molecular weight is 541 g/mol. The van der Waals surface area contributed by atoms with Gasteiger partial charge in [-0.1, -0.05) is 6.07 Å². The number of aromatic hydroxyl groups is 1. The molecular weight excluding hydrogens is 516 g/mol. The number of fused-ring (bicyclic) bond motifs is 1. The van der Waals surface area contributed by atoms with E-state index in [9.17, 15) is 23.1 Å². The molecule has 3 aromatic heterocycles. The maximum Gasteiger partial charge on any atom is 0.355 e. The molecule has 2 fully saturated rings. The Morgan fingerprint density at radius 2 is 1.92 bits per heavy atom. The lowest BCUT2D eigenvalue weighted by atomic mass is 10.1. The van der Waals surface area contributed by atoms with E-state index in [0.29, 0.717) is 25.2 Å². The largest absolute Gasteiger partial charge is 0.507 e. The maximum atomic E-state index is 15.6. The molecule has 0 amide bonds. The van der Waals surface area contributed by atoms with Gasteiger partial charge in [-0.2, -0.15) is 4.98 Å². The fourth-order valence-corrected chi connectivity index (χ4v) is 5.23. The summed E-state index contributed by atoms with van der Waals surface area (Å²) in [5.41, 5.74) is -1.43. The van der Waals surface area contributed by atoms with Gasteiger partial charge in [0.15, 0.2) is 11.5 Å². The van der Waals surface area contributed by atoms with Crippen LogP contribution in [0, 0.1) is 18.6 Å². The van der Waals surface area contributed by atoms with Crippen molar-refractivity contribution in [2.24, 2.45) is 0 Å². The second-order valence-corrected chi connectivity index (χ2v) is 10.0. The first-order chi connectivity index (χ1) is 18.6. The first kappa shape index (κ1) is 25.2. The van der Waals surface area contributed by atoms with Crippen molar-refractivity contribution in [2.45, 2.75) is 38.2 Å². The van der Waals surface area contributed by atoms with Crippen LogP contribution in [0.4, 0.5) is 23.4 Å². The summed E-state index contributed by atoms with van der Waals surface area (Å²) in [5.74, 6) is -6.43. The van der Waals surface area contributed by atoms with E-state index in [-0.39, 0.29) is 34.3 Å². The Morgan fingerprint density at radius 3 is 2.62 bits per heavy atom. The van der Waals surface area contributed by atoms with Gasteiger partial charge < -0.3 is 15.3 Å². The quantitative estimate of drug-likeness (QED) is 0.377. The van der Waals surface area contributed by atoms with Crippen LogP contribution in [0.3, 0.4) is 0 Å². The standard InChI is InChI=1S/C27H24F4N6O2/c1-13-6-7-33-21(16-11-27(16,30)31)23(13)37-25-15(24(35-26(37)39)36-9-8-32-12-14(36)2)10-18(29)22(34-25)20-17(28)4-3-5-19(20)38/h3-7,10,14,16,32,38H,8-9,11-12H2,1-2H3/t14-,16?/m0/s1. The molecule has 8 nitrogen and oxygen atoms in total. The number of alkyl halides is 2. The number of hydrogen-bond acceptors (Lipinski definition) is 7. The van der Waals surface area contributed by atoms with Crippen molar-refractivity contribution in [3.8, 4) is 22.7 Å². The van der Waals surface area contributed by atoms with E-state index in [1.54, 1.807) is 13.0 Å². The van der Waals surface area contributed by atoms with Crippen LogP contribution >= 0.6 is 0 Å². The lowest BCUT2D eigenvalue weighted by Gasteiger charge is -2.35. The third-order valence-electron chi connectivity index (χ3n) is 7.34. The topological polar surface area (TPSA) is 96.2 Å². The fourth-order valence-electron chi connectivity index (χ4n) is 5.23. The zero-order chi connectivity index (χ0) is 27.6. The molecule has 4 heterocycles. The smallest absolute Gasteiger partial charge is 0.355 e. The van der Waals surface area contributed by atoms with Gasteiger partial charge in [-0.25, -0.2) is 31.9 Å². The molecular formula is C27H24F4N6O2. The molecule has 12 heteroatoms. The van der Waals surface area contributed by atoms with E-state index in [4.69, 9.17) is 0 Å². The Hall–Kier alpha value is -4.06. The molecule has 1 aliphatic carbocycles. The summed E-state index contributed by atoms with van der Waals surface area (Å²) in [6.07, 6.45) is 0.958. The summed E-state index contributed by atoms with van der Waals surface area (Å²) < 4.78 is 59.9. The van der Waals surface area contributed by atoms with Crippen LogP contribution < -0.4 is 15.9 Å². The molecule has 0 radical (unpaired) electrons. The van der Waals surface area contributed by atoms with E-state index in [1.165, 1.54) is 18.3 Å². The monoisotopic (exact) mass is 540 g/mol. The van der Waals surface area contributed by atoms with Gasteiger partial charge in [-0.15, -0.1) is 0 Å². The first-order valence-corrected chi connectivity index (χ1v) is 12.5. The van der Waals surface area contributed by atoms with Crippen LogP contribution in [0.15, 0.2) is 41.3 Å². The molecule has 2 atom stereocenters. The number of benzene rings is 1. The highest BCUT2D eigenvalue weighted by molar-refractivity contribution is 5.91. The van der Waals surface area contributed by atoms with Gasteiger partial charge >= 0.3 is 5.69 Å². The van der Waals surface area contributed by atoms with Crippen molar-refractivity contribution in [1.82, 2.24) is 24.8 Å². The van der Waals surface area contributed by atoms with Crippen molar-refractivity contribution in [3.05, 3.63) is 69.9 Å². The van der Waals surface area contributed by atoms with Crippen molar-refractivity contribution >= 4 is 16.9 Å². The Balaban J connectivity index is 1.71. The van der Waals surface area contributed by atoms with Gasteiger partial charge in [0.05, 0.1) is 28.2 Å². The highest BCUT2D eigenvalue weighted by Crippen LogP contribution is 2.56. The predicted octanol–water partition coefficient (Wildman–Crippen LogP) is 4.06. The minimum atomic E-state index is -2.98. The minimum Gasteiger partial charge on any atom is -0.507 e. The van der Waals surface area contributed by atoms with Gasteiger partial charge in [-0.05, 0) is 43.7 Å².